The summed E-state index contributed by atoms with van der Waals surface area (Å²) in [6.07, 6.45) is 0.898. The summed E-state index contributed by atoms with van der Waals surface area (Å²) in [5.41, 5.74) is 13.8. The van der Waals surface area contributed by atoms with Gasteiger partial charge in [0.1, 0.15) is 0 Å². The standard InChI is InChI=1S/C54H48BNO2/c1-52(2)50-19-13-12-18-47(50)48-31-29-44(35-51(48)52)56(43-27-23-41(24-28-43)55-57-53(3,4)54(5,6)58-55)42-25-20-37(21-26-42)38-22-30-46-40(32-36-14-8-7-9-15-36)33-39-16-10-11-17-45(39)49(46)34-38/h7-31,33-35H,32H2,1-6H3. The van der Waals surface area contributed by atoms with Crippen LogP contribution in [0.15, 0.2) is 170 Å². The minimum absolute atomic E-state index is 0.112. The highest BCUT2D eigenvalue weighted by molar-refractivity contribution is 6.62. The lowest BCUT2D eigenvalue weighted by molar-refractivity contribution is 0.00578. The molecule has 0 saturated carbocycles. The monoisotopic (exact) mass is 753 g/mol. The van der Waals surface area contributed by atoms with Crippen LogP contribution in [-0.2, 0) is 21.1 Å². The van der Waals surface area contributed by atoms with Gasteiger partial charge in [0, 0.05) is 22.5 Å². The van der Waals surface area contributed by atoms with Gasteiger partial charge in [-0.15, -0.1) is 0 Å². The molecule has 0 aromatic heterocycles. The fraction of sp³-hybridized carbons (Fsp3) is 0.185. The Morgan fingerprint density at radius 1 is 0.466 bits per heavy atom. The van der Waals surface area contributed by atoms with Crippen molar-refractivity contribution in [2.75, 3.05) is 4.90 Å². The maximum atomic E-state index is 6.43. The lowest BCUT2D eigenvalue weighted by Gasteiger charge is -2.32. The molecule has 1 saturated heterocycles. The minimum atomic E-state index is -0.417. The van der Waals surface area contributed by atoms with Gasteiger partial charge < -0.3 is 14.2 Å². The minimum Gasteiger partial charge on any atom is -0.399 e. The number of nitrogens with zero attached hydrogens (tertiary/aromatic N) is 1. The molecule has 0 radical (unpaired) electrons. The van der Waals surface area contributed by atoms with Crippen LogP contribution in [-0.4, -0.2) is 18.3 Å². The molecule has 4 heteroatoms. The number of anilines is 3. The zero-order chi connectivity index (χ0) is 39.8. The molecule has 1 aliphatic carbocycles. The van der Waals surface area contributed by atoms with Crippen LogP contribution in [0.3, 0.4) is 0 Å². The molecule has 58 heavy (non-hydrogen) atoms. The molecule has 8 aromatic carbocycles. The number of hydrogen-bond donors (Lipinski definition) is 0. The number of hydrogen-bond acceptors (Lipinski definition) is 3. The Labute approximate surface area is 343 Å². The van der Waals surface area contributed by atoms with E-state index in [0.717, 1.165) is 28.9 Å². The van der Waals surface area contributed by atoms with Crippen molar-refractivity contribution in [1.82, 2.24) is 0 Å². The molecular weight excluding hydrogens is 705 g/mol. The second kappa shape index (κ2) is 13.6. The summed E-state index contributed by atoms with van der Waals surface area (Å²) in [6.45, 7) is 13.1. The van der Waals surface area contributed by atoms with Crippen LogP contribution in [0.25, 0.3) is 43.8 Å². The Balaban J connectivity index is 1.04. The van der Waals surface area contributed by atoms with Gasteiger partial charge in [-0.1, -0.05) is 141 Å². The Hall–Kier alpha value is -5.94. The van der Waals surface area contributed by atoms with Gasteiger partial charge >= 0.3 is 7.12 Å². The van der Waals surface area contributed by atoms with Gasteiger partial charge in [-0.2, -0.15) is 0 Å². The van der Waals surface area contributed by atoms with E-state index in [9.17, 15) is 0 Å². The van der Waals surface area contributed by atoms with E-state index >= 15 is 0 Å². The van der Waals surface area contributed by atoms with Crippen molar-refractivity contribution >= 4 is 51.2 Å². The van der Waals surface area contributed by atoms with Crippen molar-refractivity contribution in [2.45, 2.75) is 64.6 Å². The second-order valence-corrected chi connectivity index (χ2v) is 17.6. The number of rotatable bonds is 7. The van der Waals surface area contributed by atoms with Crippen LogP contribution in [0.2, 0.25) is 0 Å². The lowest BCUT2D eigenvalue weighted by Crippen LogP contribution is -2.41. The first kappa shape index (κ1) is 36.4. The zero-order valence-corrected chi connectivity index (χ0v) is 34.2. The Bertz CT molecular complexity index is 2820. The van der Waals surface area contributed by atoms with E-state index in [1.165, 1.54) is 66.1 Å². The Kier molecular flexibility index (Phi) is 8.53. The van der Waals surface area contributed by atoms with Crippen molar-refractivity contribution in [3.63, 3.8) is 0 Å². The van der Waals surface area contributed by atoms with Gasteiger partial charge in [0.2, 0.25) is 0 Å². The largest absolute Gasteiger partial charge is 0.494 e. The highest BCUT2D eigenvalue weighted by atomic mass is 16.7. The first-order chi connectivity index (χ1) is 28.0. The summed E-state index contributed by atoms with van der Waals surface area (Å²) in [5, 5.41) is 5.15. The van der Waals surface area contributed by atoms with Crippen molar-refractivity contribution < 1.29 is 9.31 Å². The number of fused-ring (bicyclic) bond motifs is 6. The summed E-state index contributed by atoms with van der Waals surface area (Å²) < 4.78 is 12.9. The van der Waals surface area contributed by atoms with Crippen molar-refractivity contribution in [3.05, 3.63) is 192 Å². The Morgan fingerprint density at radius 2 is 1.07 bits per heavy atom. The molecule has 10 rings (SSSR count). The maximum Gasteiger partial charge on any atom is 0.494 e. The van der Waals surface area contributed by atoms with E-state index in [1.54, 1.807) is 0 Å². The van der Waals surface area contributed by atoms with E-state index in [0.29, 0.717) is 0 Å². The molecule has 284 valence electrons. The van der Waals surface area contributed by atoms with E-state index in [1.807, 2.05) is 0 Å². The van der Waals surface area contributed by atoms with Crippen LogP contribution in [0.5, 0.6) is 0 Å². The summed E-state index contributed by atoms with van der Waals surface area (Å²) >= 11 is 0. The third kappa shape index (κ3) is 6.06. The SMILES string of the molecule is CC1(C)c2ccccc2-c2ccc(N(c3ccc(B4OC(C)(C)C(C)(C)O4)cc3)c3ccc(-c4ccc5c(Cc6ccccc6)cc6ccccc6c5c4)cc3)cc21. The average molecular weight is 754 g/mol. The normalized spacial score (nSPS) is 16.1. The fourth-order valence-electron chi connectivity index (χ4n) is 9.16. The fourth-order valence-corrected chi connectivity index (χ4v) is 9.16. The first-order valence-electron chi connectivity index (χ1n) is 20.6. The summed E-state index contributed by atoms with van der Waals surface area (Å²) in [4.78, 5) is 2.38. The second-order valence-electron chi connectivity index (χ2n) is 17.6. The molecule has 0 unspecified atom stereocenters. The summed E-state index contributed by atoms with van der Waals surface area (Å²) in [6, 6.07) is 62.5. The molecule has 1 heterocycles. The van der Waals surface area contributed by atoms with Gasteiger partial charge in [0.05, 0.1) is 11.2 Å². The van der Waals surface area contributed by atoms with Crippen LogP contribution in [0.4, 0.5) is 17.1 Å². The summed E-state index contributed by atoms with van der Waals surface area (Å²) in [5.74, 6) is 0. The van der Waals surface area contributed by atoms with E-state index in [-0.39, 0.29) is 5.41 Å². The smallest absolute Gasteiger partial charge is 0.399 e. The zero-order valence-electron chi connectivity index (χ0n) is 34.2. The highest BCUT2D eigenvalue weighted by Gasteiger charge is 2.51. The predicted octanol–water partition coefficient (Wildman–Crippen LogP) is 13.3. The molecule has 0 N–H and O–H groups in total. The van der Waals surface area contributed by atoms with Crippen molar-refractivity contribution in [3.8, 4) is 22.3 Å². The maximum absolute atomic E-state index is 6.43. The summed E-state index contributed by atoms with van der Waals surface area (Å²) in [7, 11) is -0.417. The van der Waals surface area contributed by atoms with Gasteiger partial charge in [-0.05, 0) is 148 Å². The lowest BCUT2D eigenvalue weighted by atomic mass is 9.79. The molecule has 1 fully saturated rings. The molecule has 8 aromatic rings. The van der Waals surface area contributed by atoms with Crippen molar-refractivity contribution in [1.29, 1.82) is 0 Å². The van der Waals surface area contributed by atoms with Crippen LogP contribution >= 0.6 is 0 Å². The van der Waals surface area contributed by atoms with Gasteiger partial charge in [0.25, 0.3) is 0 Å². The first-order valence-corrected chi connectivity index (χ1v) is 20.6. The topological polar surface area (TPSA) is 21.7 Å². The predicted molar refractivity (Wildman–Crippen MR) is 244 cm³/mol. The average Bonchev–Trinajstić information content (AvgIpc) is 3.61. The Morgan fingerprint density at radius 3 is 1.81 bits per heavy atom. The van der Waals surface area contributed by atoms with E-state index < -0.39 is 18.3 Å². The highest BCUT2D eigenvalue weighted by Crippen LogP contribution is 2.50. The molecule has 2 aliphatic rings. The number of benzene rings is 8. The molecule has 0 atom stereocenters. The van der Waals surface area contributed by atoms with Gasteiger partial charge in [-0.25, -0.2) is 0 Å². The van der Waals surface area contributed by atoms with Crippen LogP contribution in [0, 0.1) is 0 Å². The van der Waals surface area contributed by atoms with Gasteiger partial charge in [0.15, 0.2) is 0 Å². The molecule has 0 bridgehead atoms. The molecule has 0 amide bonds. The molecule has 3 nitrogen and oxygen atoms in total. The van der Waals surface area contributed by atoms with Crippen molar-refractivity contribution in [2.24, 2.45) is 0 Å². The van der Waals surface area contributed by atoms with Crippen LogP contribution < -0.4 is 10.4 Å². The molecule has 0 spiro atoms. The van der Waals surface area contributed by atoms with Gasteiger partial charge in [-0.3, -0.25) is 0 Å². The quantitative estimate of drug-likeness (QED) is 0.119. The molecular formula is C54H48BNO2. The third-order valence-corrected chi connectivity index (χ3v) is 13.1. The van der Waals surface area contributed by atoms with E-state index in [4.69, 9.17) is 9.31 Å². The van der Waals surface area contributed by atoms with Crippen LogP contribution in [0.1, 0.15) is 63.8 Å². The third-order valence-electron chi connectivity index (χ3n) is 13.1. The molecule has 1 aliphatic heterocycles. The van der Waals surface area contributed by atoms with E-state index in [2.05, 4.69) is 216 Å².